The molecule has 1 aliphatic rings. The molecule has 0 radical (unpaired) electrons. The molecule has 0 aromatic carbocycles. The number of hydrogen-bond acceptors (Lipinski definition) is 3. The molecule has 3 heteroatoms. The van der Waals surface area contributed by atoms with E-state index >= 15 is 0 Å². The van der Waals surface area contributed by atoms with Gasteiger partial charge in [-0.05, 0) is 37.2 Å². The van der Waals surface area contributed by atoms with Gasteiger partial charge in [0.25, 0.3) is 0 Å². The highest BCUT2D eigenvalue weighted by Gasteiger charge is 2.17. The van der Waals surface area contributed by atoms with Crippen LogP contribution in [0.3, 0.4) is 0 Å². The molecular formula is C9H16O2S. The number of ether oxygens (including phenoxy) is 1. The molecule has 0 atom stereocenters. The lowest BCUT2D eigenvalue weighted by Gasteiger charge is -2.19. The van der Waals surface area contributed by atoms with Crippen molar-refractivity contribution in [2.75, 3.05) is 18.1 Å². The van der Waals surface area contributed by atoms with E-state index in [2.05, 4.69) is 0 Å². The molecule has 0 aromatic heterocycles. The summed E-state index contributed by atoms with van der Waals surface area (Å²) in [6.07, 6.45) is 3.00. The Bertz CT molecular complexity index is 141. The van der Waals surface area contributed by atoms with E-state index in [4.69, 9.17) is 4.74 Å². The average molecular weight is 188 g/mol. The summed E-state index contributed by atoms with van der Waals surface area (Å²) in [4.78, 5) is 11.1. The van der Waals surface area contributed by atoms with Crippen LogP contribution in [-0.2, 0) is 9.53 Å². The summed E-state index contributed by atoms with van der Waals surface area (Å²) < 4.78 is 4.90. The van der Waals surface area contributed by atoms with Gasteiger partial charge >= 0.3 is 5.97 Å². The van der Waals surface area contributed by atoms with Gasteiger partial charge in [-0.15, -0.1) is 0 Å². The summed E-state index contributed by atoms with van der Waals surface area (Å²) in [5.41, 5.74) is 0. The van der Waals surface area contributed by atoms with Gasteiger partial charge in [-0.25, -0.2) is 0 Å². The van der Waals surface area contributed by atoms with Crippen LogP contribution in [0.4, 0.5) is 0 Å². The fraction of sp³-hybridized carbons (Fsp3) is 0.889. The summed E-state index contributed by atoms with van der Waals surface area (Å²) in [6, 6.07) is 0. The van der Waals surface area contributed by atoms with Gasteiger partial charge in [-0.2, -0.15) is 11.8 Å². The second kappa shape index (κ2) is 5.46. The van der Waals surface area contributed by atoms with E-state index in [9.17, 15) is 4.79 Å². The van der Waals surface area contributed by atoms with Crippen LogP contribution in [-0.4, -0.2) is 24.1 Å². The van der Waals surface area contributed by atoms with Gasteiger partial charge in [0.2, 0.25) is 0 Å². The zero-order valence-electron chi connectivity index (χ0n) is 7.54. The molecule has 0 spiro atoms. The third-order valence-electron chi connectivity index (χ3n) is 2.10. The van der Waals surface area contributed by atoms with E-state index in [1.807, 2.05) is 18.7 Å². The third-order valence-corrected chi connectivity index (χ3v) is 3.15. The second-order valence-corrected chi connectivity index (χ2v) is 4.29. The Kier molecular flexibility index (Phi) is 4.51. The minimum absolute atomic E-state index is 0.0191. The van der Waals surface area contributed by atoms with Gasteiger partial charge in [0, 0.05) is 6.42 Å². The van der Waals surface area contributed by atoms with Crippen molar-refractivity contribution in [2.24, 2.45) is 5.92 Å². The van der Waals surface area contributed by atoms with Gasteiger partial charge in [-0.3, -0.25) is 4.79 Å². The van der Waals surface area contributed by atoms with E-state index in [1.54, 1.807) is 0 Å². The molecule has 70 valence electrons. The average Bonchev–Trinajstić information content (AvgIpc) is 2.06. The third kappa shape index (κ3) is 3.48. The molecule has 1 saturated heterocycles. The summed E-state index contributed by atoms with van der Waals surface area (Å²) in [5.74, 6) is 2.99. The zero-order valence-corrected chi connectivity index (χ0v) is 8.36. The van der Waals surface area contributed by atoms with Crippen LogP contribution in [0.2, 0.25) is 0 Å². The summed E-state index contributed by atoms with van der Waals surface area (Å²) in [6.45, 7) is 2.37. The number of hydrogen-bond donors (Lipinski definition) is 0. The first-order valence-corrected chi connectivity index (χ1v) is 5.71. The van der Waals surface area contributed by atoms with Crippen molar-refractivity contribution in [3.8, 4) is 0 Å². The molecule has 2 nitrogen and oxygen atoms in total. The molecule has 1 fully saturated rings. The minimum Gasteiger partial charge on any atom is -0.466 e. The normalized spacial score (nSPS) is 19.1. The van der Waals surface area contributed by atoms with Crippen molar-refractivity contribution in [3.63, 3.8) is 0 Å². The van der Waals surface area contributed by atoms with Crippen molar-refractivity contribution < 1.29 is 9.53 Å². The van der Waals surface area contributed by atoms with E-state index < -0.39 is 0 Å². The molecule has 0 aliphatic carbocycles. The molecule has 12 heavy (non-hydrogen) atoms. The predicted octanol–water partition coefficient (Wildman–Crippen LogP) is 2.08. The molecule has 0 saturated carbocycles. The number of carbonyl (C=O) groups is 1. The fourth-order valence-corrected chi connectivity index (χ4v) is 2.61. The molecule has 1 aliphatic heterocycles. The topological polar surface area (TPSA) is 26.3 Å². The summed E-state index contributed by atoms with van der Waals surface area (Å²) >= 11 is 1.99. The maximum absolute atomic E-state index is 11.1. The van der Waals surface area contributed by atoms with E-state index in [1.165, 1.54) is 24.3 Å². The predicted molar refractivity (Wildman–Crippen MR) is 51.3 cm³/mol. The lowest BCUT2D eigenvalue weighted by Crippen LogP contribution is -2.16. The van der Waals surface area contributed by atoms with Gasteiger partial charge in [0.15, 0.2) is 0 Å². The molecule has 0 amide bonds. The zero-order chi connectivity index (χ0) is 8.81. The number of esters is 1. The van der Waals surface area contributed by atoms with Crippen LogP contribution in [0.15, 0.2) is 0 Å². The maximum atomic E-state index is 11.1. The van der Waals surface area contributed by atoms with Crippen LogP contribution < -0.4 is 0 Å². The molecule has 0 N–H and O–H groups in total. The standard InChI is InChI=1S/C9H16O2S/c1-2-11-9(10)7-8-3-5-12-6-4-8/h8H,2-7H2,1H3. The Morgan fingerprint density at radius 1 is 1.50 bits per heavy atom. The Hall–Kier alpha value is -0.180. The number of rotatable bonds is 3. The van der Waals surface area contributed by atoms with Gasteiger partial charge < -0.3 is 4.74 Å². The van der Waals surface area contributed by atoms with Crippen molar-refractivity contribution in [1.82, 2.24) is 0 Å². The number of carbonyl (C=O) groups excluding carboxylic acids is 1. The first-order valence-electron chi connectivity index (χ1n) is 4.56. The van der Waals surface area contributed by atoms with Crippen molar-refractivity contribution in [1.29, 1.82) is 0 Å². The quantitative estimate of drug-likeness (QED) is 0.634. The Balaban J connectivity index is 2.15. The Morgan fingerprint density at radius 3 is 2.75 bits per heavy atom. The van der Waals surface area contributed by atoms with Crippen LogP contribution in [0.25, 0.3) is 0 Å². The second-order valence-electron chi connectivity index (χ2n) is 3.06. The van der Waals surface area contributed by atoms with Gasteiger partial charge in [0.05, 0.1) is 6.61 Å². The van der Waals surface area contributed by atoms with E-state index in [0.29, 0.717) is 18.9 Å². The van der Waals surface area contributed by atoms with Crippen LogP contribution >= 0.6 is 11.8 Å². The highest BCUT2D eigenvalue weighted by molar-refractivity contribution is 7.99. The Morgan fingerprint density at radius 2 is 2.17 bits per heavy atom. The lowest BCUT2D eigenvalue weighted by molar-refractivity contribution is -0.144. The van der Waals surface area contributed by atoms with Crippen LogP contribution in [0.5, 0.6) is 0 Å². The molecule has 1 rings (SSSR count). The summed E-state index contributed by atoms with van der Waals surface area (Å²) in [5, 5.41) is 0. The molecule has 1 heterocycles. The SMILES string of the molecule is CCOC(=O)CC1CCSCC1. The van der Waals surface area contributed by atoms with E-state index in [-0.39, 0.29) is 5.97 Å². The van der Waals surface area contributed by atoms with Crippen molar-refractivity contribution in [3.05, 3.63) is 0 Å². The van der Waals surface area contributed by atoms with Crippen molar-refractivity contribution in [2.45, 2.75) is 26.2 Å². The molecule has 0 bridgehead atoms. The first kappa shape index (κ1) is 9.90. The van der Waals surface area contributed by atoms with Gasteiger partial charge in [0.1, 0.15) is 0 Å². The van der Waals surface area contributed by atoms with Crippen LogP contribution in [0, 0.1) is 5.92 Å². The monoisotopic (exact) mass is 188 g/mol. The van der Waals surface area contributed by atoms with Gasteiger partial charge in [-0.1, -0.05) is 0 Å². The van der Waals surface area contributed by atoms with Crippen molar-refractivity contribution >= 4 is 17.7 Å². The molecular weight excluding hydrogens is 172 g/mol. The largest absolute Gasteiger partial charge is 0.466 e. The Labute approximate surface area is 78.1 Å². The highest BCUT2D eigenvalue weighted by atomic mass is 32.2. The summed E-state index contributed by atoms with van der Waals surface area (Å²) in [7, 11) is 0. The minimum atomic E-state index is -0.0191. The highest BCUT2D eigenvalue weighted by Crippen LogP contribution is 2.25. The lowest BCUT2D eigenvalue weighted by atomic mass is 9.99. The molecule has 0 unspecified atom stereocenters. The first-order chi connectivity index (χ1) is 5.83. The maximum Gasteiger partial charge on any atom is 0.306 e. The fourth-order valence-electron chi connectivity index (χ4n) is 1.41. The van der Waals surface area contributed by atoms with Crippen LogP contribution in [0.1, 0.15) is 26.2 Å². The smallest absolute Gasteiger partial charge is 0.306 e. The number of thioether (sulfide) groups is 1. The molecule has 0 aromatic rings. The van der Waals surface area contributed by atoms with E-state index in [0.717, 1.165) is 0 Å².